The summed E-state index contributed by atoms with van der Waals surface area (Å²) in [5, 5.41) is 10.0. The Hall–Kier alpha value is -5.28. The maximum Gasteiger partial charge on any atom is 0.137 e. The van der Waals surface area contributed by atoms with E-state index in [0.717, 1.165) is 27.6 Å². The minimum atomic E-state index is 0.909. The van der Waals surface area contributed by atoms with Gasteiger partial charge in [0.05, 0.1) is 27.6 Å². The lowest BCUT2D eigenvalue weighted by Crippen LogP contribution is -1.93. The number of rotatable bonds is 1. The highest BCUT2D eigenvalue weighted by atomic mass is 16.3. The number of para-hydroxylation sites is 4. The van der Waals surface area contributed by atoms with Gasteiger partial charge in [-0.25, -0.2) is 0 Å². The van der Waals surface area contributed by atoms with E-state index in [4.69, 9.17) is 4.42 Å². The quantitative estimate of drug-likeness (QED) is 0.222. The summed E-state index contributed by atoms with van der Waals surface area (Å²) in [5.74, 6) is 0. The highest BCUT2D eigenvalue weighted by Crippen LogP contribution is 2.43. The second-order valence-electron chi connectivity index (χ2n) is 10.6. The average Bonchev–Trinajstić information content (AvgIpc) is 3.71. The van der Waals surface area contributed by atoms with Gasteiger partial charge in [0.25, 0.3) is 0 Å². The molecule has 10 rings (SSSR count). The van der Waals surface area contributed by atoms with Crippen molar-refractivity contribution in [3.8, 4) is 5.69 Å². The molecule has 0 saturated heterocycles. The van der Waals surface area contributed by atoms with E-state index < -0.39 is 0 Å². The predicted molar refractivity (Wildman–Crippen MR) is 163 cm³/mol. The molecule has 0 aliphatic rings. The minimum absolute atomic E-state index is 0.909. The second kappa shape index (κ2) is 6.77. The van der Waals surface area contributed by atoms with Gasteiger partial charge in [0, 0.05) is 54.8 Å². The highest BCUT2D eigenvalue weighted by Gasteiger charge is 2.20. The smallest absolute Gasteiger partial charge is 0.137 e. The zero-order chi connectivity index (χ0) is 25.2. The Labute approximate surface area is 222 Å². The molecule has 0 fully saturated rings. The molecule has 0 atom stereocenters. The van der Waals surface area contributed by atoms with Crippen molar-refractivity contribution in [2.24, 2.45) is 0 Å². The van der Waals surface area contributed by atoms with Gasteiger partial charge in [0.2, 0.25) is 0 Å². The molecule has 0 radical (unpaired) electrons. The summed E-state index contributed by atoms with van der Waals surface area (Å²) in [6, 6.07) is 43.9. The van der Waals surface area contributed by atoms with Crippen LogP contribution in [-0.2, 0) is 0 Å². The summed E-state index contributed by atoms with van der Waals surface area (Å²) in [4.78, 5) is 0. The Morgan fingerprint density at radius 3 is 1.90 bits per heavy atom. The van der Waals surface area contributed by atoms with Crippen molar-refractivity contribution in [1.29, 1.82) is 0 Å². The molecule has 3 nitrogen and oxygen atoms in total. The van der Waals surface area contributed by atoms with Crippen molar-refractivity contribution in [1.82, 2.24) is 8.97 Å². The maximum atomic E-state index is 6.29. The first kappa shape index (κ1) is 19.8. The van der Waals surface area contributed by atoms with Crippen LogP contribution in [0.1, 0.15) is 0 Å². The molecule has 0 aliphatic heterocycles. The Morgan fingerprint density at radius 1 is 0.385 bits per heavy atom. The van der Waals surface area contributed by atoms with Gasteiger partial charge < -0.3 is 13.4 Å². The summed E-state index contributed by atoms with van der Waals surface area (Å²) >= 11 is 0. The zero-order valence-electron chi connectivity index (χ0n) is 20.8. The average molecular weight is 497 g/mol. The molecule has 0 aliphatic carbocycles. The van der Waals surface area contributed by atoms with E-state index in [1.807, 2.05) is 12.1 Å². The highest BCUT2D eigenvalue weighted by molar-refractivity contribution is 6.26. The topological polar surface area (TPSA) is 22.5 Å². The lowest BCUT2D eigenvalue weighted by molar-refractivity contribution is 0.668. The van der Waals surface area contributed by atoms with Crippen LogP contribution < -0.4 is 0 Å². The van der Waals surface area contributed by atoms with E-state index in [1.54, 1.807) is 0 Å². The van der Waals surface area contributed by atoms with Crippen LogP contribution in [0.3, 0.4) is 0 Å². The van der Waals surface area contributed by atoms with Crippen molar-refractivity contribution in [3.05, 3.63) is 121 Å². The molecule has 6 aromatic carbocycles. The second-order valence-corrected chi connectivity index (χ2v) is 10.6. The number of hydrogen-bond acceptors (Lipinski definition) is 1. The first-order valence-electron chi connectivity index (χ1n) is 13.4. The van der Waals surface area contributed by atoms with Crippen molar-refractivity contribution < 1.29 is 4.42 Å². The molecule has 0 N–H and O–H groups in total. The molecule has 0 amide bonds. The number of aromatic nitrogens is 2. The number of nitrogens with zero attached hydrogens (tertiary/aromatic N) is 2. The van der Waals surface area contributed by atoms with Gasteiger partial charge in [-0.2, -0.15) is 0 Å². The summed E-state index contributed by atoms with van der Waals surface area (Å²) in [6.07, 6.45) is 0. The first-order valence-corrected chi connectivity index (χ1v) is 13.4. The molecular weight excluding hydrogens is 476 g/mol. The molecule has 3 heteroatoms. The summed E-state index contributed by atoms with van der Waals surface area (Å²) in [5.41, 5.74) is 9.13. The van der Waals surface area contributed by atoms with Crippen LogP contribution in [-0.4, -0.2) is 8.97 Å². The van der Waals surface area contributed by atoms with Crippen LogP contribution >= 0.6 is 0 Å². The number of hydrogen-bond donors (Lipinski definition) is 0. The lowest BCUT2D eigenvalue weighted by atomic mass is 10.1. The van der Waals surface area contributed by atoms with Gasteiger partial charge in [0.15, 0.2) is 0 Å². The third kappa shape index (κ3) is 2.35. The Bertz CT molecular complexity index is 2610. The zero-order valence-corrected chi connectivity index (χ0v) is 20.8. The van der Waals surface area contributed by atoms with Gasteiger partial charge in [-0.1, -0.05) is 72.8 Å². The van der Waals surface area contributed by atoms with Crippen molar-refractivity contribution in [2.45, 2.75) is 0 Å². The summed E-state index contributed by atoms with van der Waals surface area (Å²) in [6.45, 7) is 0. The molecule has 180 valence electrons. The van der Waals surface area contributed by atoms with E-state index in [-0.39, 0.29) is 0 Å². The minimum Gasteiger partial charge on any atom is -0.456 e. The van der Waals surface area contributed by atoms with Crippen LogP contribution in [0.15, 0.2) is 126 Å². The molecule has 4 aromatic heterocycles. The van der Waals surface area contributed by atoms with Crippen molar-refractivity contribution in [2.75, 3.05) is 0 Å². The van der Waals surface area contributed by atoms with E-state index in [0.29, 0.717) is 0 Å². The fraction of sp³-hybridized carbons (Fsp3) is 0. The first-order chi connectivity index (χ1) is 19.3. The SMILES string of the molecule is c1ccc2c(c1)oc1cc(-n3c4ccccc4c4cc5c6cccc7c8ccccc8n(c5cc43)c76)ccc12. The predicted octanol–water partition coefficient (Wildman–Crippen LogP) is 9.83. The van der Waals surface area contributed by atoms with E-state index in [1.165, 1.54) is 59.9 Å². The molecule has 10 aromatic rings. The van der Waals surface area contributed by atoms with E-state index >= 15 is 0 Å². The monoisotopic (exact) mass is 496 g/mol. The molecule has 4 heterocycles. The van der Waals surface area contributed by atoms with Gasteiger partial charge in [-0.05, 0) is 42.5 Å². The van der Waals surface area contributed by atoms with Crippen molar-refractivity contribution in [3.63, 3.8) is 0 Å². The largest absolute Gasteiger partial charge is 0.456 e. The molecule has 39 heavy (non-hydrogen) atoms. The fourth-order valence-corrected chi connectivity index (χ4v) is 7.02. The third-order valence-corrected chi connectivity index (χ3v) is 8.64. The maximum absolute atomic E-state index is 6.29. The molecule has 0 unspecified atom stereocenters. The lowest BCUT2D eigenvalue weighted by Gasteiger charge is -2.08. The van der Waals surface area contributed by atoms with E-state index in [9.17, 15) is 0 Å². The summed E-state index contributed by atoms with van der Waals surface area (Å²) in [7, 11) is 0. The van der Waals surface area contributed by atoms with Crippen LogP contribution in [0.2, 0.25) is 0 Å². The number of furan rings is 1. The van der Waals surface area contributed by atoms with Gasteiger partial charge in [0.1, 0.15) is 11.2 Å². The van der Waals surface area contributed by atoms with Gasteiger partial charge in [-0.3, -0.25) is 0 Å². The Balaban J connectivity index is 1.38. The van der Waals surface area contributed by atoms with Crippen LogP contribution in [0.4, 0.5) is 0 Å². The van der Waals surface area contributed by atoms with E-state index in [2.05, 4.69) is 118 Å². The molecule has 0 saturated carbocycles. The third-order valence-electron chi connectivity index (χ3n) is 8.64. The Kier molecular flexibility index (Phi) is 3.44. The van der Waals surface area contributed by atoms with Crippen molar-refractivity contribution >= 4 is 81.8 Å². The number of benzene rings is 6. The standard InChI is InChI=1S/C36H20N2O/c1-5-14-31-22(8-1)26-11-7-12-27-29-19-28-23-9-2-4-13-30(23)37(32(28)20-33(29)38(31)36(26)27)21-16-17-25-24-10-3-6-15-34(24)39-35(25)18-21/h1-20H. The van der Waals surface area contributed by atoms with Gasteiger partial charge in [-0.15, -0.1) is 0 Å². The molecule has 0 bridgehead atoms. The molecule has 0 spiro atoms. The van der Waals surface area contributed by atoms with Crippen LogP contribution in [0.25, 0.3) is 87.5 Å². The van der Waals surface area contributed by atoms with Crippen LogP contribution in [0, 0.1) is 0 Å². The Morgan fingerprint density at radius 2 is 1.03 bits per heavy atom. The van der Waals surface area contributed by atoms with Gasteiger partial charge >= 0.3 is 0 Å². The van der Waals surface area contributed by atoms with Crippen LogP contribution in [0.5, 0.6) is 0 Å². The number of fused-ring (bicyclic) bond motifs is 12. The fourth-order valence-electron chi connectivity index (χ4n) is 7.02. The normalized spacial score (nSPS) is 12.6. The summed E-state index contributed by atoms with van der Waals surface area (Å²) < 4.78 is 11.1. The molecular formula is C36H20N2O.